The molecule has 1 aliphatic rings. The van der Waals surface area contributed by atoms with Crippen LogP contribution in [0.2, 0.25) is 0 Å². The summed E-state index contributed by atoms with van der Waals surface area (Å²) in [4.78, 5) is 10.5. The Balaban J connectivity index is 1.57. The van der Waals surface area contributed by atoms with Crippen molar-refractivity contribution < 1.29 is 0 Å². The minimum absolute atomic E-state index is 0.243. The number of benzene rings is 5. The third-order valence-electron chi connectivity index (χ3n) is 7.63. The highest BCUT2D eigenvalue weighted by Gasteiger charge is 2.40. The van der Waals surface area contributed by atoms with E-state index in [9.17, 15) is 0 Å². The molecule has 0 radical (unpaired) electrons. The van der Waals surface area contributed by atoms with Gasteiger partial charge in [-0.15, -0.1) is 0 Å². The molecule has 0 fully saturated rings. The average molecular weight is 475 g/mol. The molecule has 176 valence electrons. The van der Waals surface area contributed by atoms with E-state index in [0.717, 1.165) is 33.9 Å². The van der Waals surface area contributed by atoms with Gasteiger partial charge in [0.05, 0.1) is 11.4 Å². The number of nitrogens with zero attached hydrogens (tertiary/aromatic N) is 2. The van der Waals surface area contributed by atoms with Crippen LogP contribution in [-0.4, -0.2) is 9.97 Å². The molecule has 2 nitrogen and oxygen atoms in total. The first kappa shape index (κ1) is 21.7. The van der Waals surface area contributed by atoms with Gasteiger partial charge in [-0.1, -0.05) is 129 Å². The second kappa shape index (κ2) is 8.25. The van der Waals surface area contributed by atoms with Crippen molar-refractivity contribution in [3.05, 3.63) is 133 Å². The lowest BCUT2D eigenvalue weighted by Crippen LogP contribution is -2.17. The molecule has 1 aliphatic carbocycles. The Kier molecular flexibility index (Phi) is 4.84. The fourth-order valence-corrected chi connectivity index (χ4v) is 5.74. The molecule has 0 bridgehead atoms. The molecule has 0 saturated heterocycles. The van der Waals surface area contributed by atoms with Crippen LogP contribution in [0.15, 0.2) is 121 Å². The Morgan fingerprint density at radius 2 is 1.16 bits per heavy atom. The highest BCUT2D eigenvalue weighted by atomic mass is 14.9. The fraction of sp³-hybridized carbons (Fsp3) is 0.0857. The summed E-state index contributed by atoms with van der Waals surface area (Å²) in [6.45, 7) is 4.58. The van der Waals surface area contributed by atoms with Gasteiger partial charge in [-0.05, 0) is 39.1 Å². The van der Waals surface area contributed by atoms with Crippen LogP contribution < -0.4 is 0 Å². The molecule has 7 rings (SSSR count). The van der Waals surface area contributed by atoms with E-state index in [-0.39, 0.29) is 5.41 Å². The maximum absolute atomic E-state index is 5.28. The molecule has 37 heavy (non-hydrogen) atoms. The smallest absolute Gasteiger partial charge is 0.160 e. The van der Waals surface area contributed by atoms with Crippen LogP contribution in [0.4, 0.5) is 0 Å². The minimum Gasteiger partial charge on any atom is -0.231 e. The van der Waals surface area contributed by atoms with E-state index in [0.29, 0.717) is 0 Å². The SMILES string of the molecule is CC1(C)c2ccc3ccccc3c2-c2c(-c3cccc(-c4ccccc4)c3)nc(-c3ccccc3)nc21. The minimum atomic E-state index is -0.243. The Morgan fingerprint density at radius 3 is 1.95 bits per heavy atom. The molecule has 1 aromatic heterocycles. The van der Waals surface area contributed by atoms with Crippen LogP contribution in [0.1, 0.15) is 25.1 Å². The van der Waals surface area contributed by atoms with Crippen molar-refractivity contribution in [2.45, 2.75) is 19.3 Å². The molecular weight excluding hydrogens is 448 g/mol. The Labute approximate surface area is 217 Å². The van der Waals surface area contributed by atoms with Gasteiger partial charge in [-0.25, -0.2) is 9.97 Å². The van der Waals surface area contributed by atoms with Crippen LogP contribution in [0, 0.1) is 0 Å². The van der Waals surface area contributed by atoms with Crippen molar-refractivity contribution in [1.82, 2.24) is 9.97 Å². The highest BCUT2D eigenvalue weighted by molar-refractivity contribution is 6.05. The van der Waals surface area contributed by atoms with Crippen LogP contribution in [0.25, 0.3) is 55.7 Å². The molecule has 0 saturated carbocycles. The predicted molar refractivity (Wildman–Crippen MR) is 153 cm³/mol. The van der Waals surface area contributed by atoms with E-state index in [1.165, 1.54) is 33.0 Å². The second-order valence-corrected chi connectivity index (χ2v) is 10.3. The highest BCUT2D eigenvalue weighted by Crippen LogP contribution is 2.53. The standard InChI is InChI=1S/C35H26N2/c1-35(2)29-21-20-24-14-9-10-19-28(24)30(29)31-32(36-34(37-33(31)35)25-15-7-4-8-16-25)27-18-11-17-26(22-27)23-12-5-3-6-13-23/h3-22H,1-2H3. The summed E-state index contributed by atoms with van der Waals surface area (Å²) in [7, 11) is 0. The summed E-state index contributed by atoms with van der Waals surface area (Å²) < 4.78 is 0. The molecule has 6 aromatic rings. The van der Waals surface area contributed by atoms with Crippen LogP contribution in [-0.2, 0) is 5.41 Å². The van der Waals surface area contributed by atoms with Crippen LogP contribution in [0.3, 0.4) is 0 Å². The zero-order chi connectivity index (χ0) is 25.0. The molecule has 0 spiro atoms. The summed E-state index contributed by atoms with van der Waals surface area (Å²) >= 11 is 0. The van der Waals surface area contributed by atoms with Gasteiger partial charge < -0.3 is 0 Å². The Hall–Kier alpha value is -4.56. The molecule has 0 atom stereocenters. The van der Waals surface area contributed by atoms with Gasteiger partial charge in [0.15, 0.2) is 5.82 Å². The summed E-state index contributed by atoms with van der Waals surface area (Å²) in [5.74, 6) is 0.768. The van der Waals surface area contributed by atoms with Crippen molar-refractivity contribution in [3.63, 3.8) is 0 Å². The first-order valence-corrected chi connectivity index (χ1v) is 12.8. The third-order valence-corrected chi connectivity index (χ3v) is 7.63. The first-order valence-electron chi connectivity index (χ1n) is 12.8. The summed E-state index contributed by atoms with van der Waals surface area (Å²) in [5, 5.41) is 2.49. The fourth-order valence-electron chi connectivity index (χ4n) is 5.74. The van der Waals surface area contributed by atoms with Crippen LogP contribution in [0.5, 0.6) is 0 Å². The molecule has 2 heteroatoms. The zero-order valence-electron chi connectivity index (χ0n) is 20.9. The van der Waals surface area contributed by atoms with E-state index in [1.807, 2.05) is 6.07 Å². The van der Waals surface area contributed by atoms with E-state index in [1.54, 1.807) is 0 Å². The normalized spacial score (nSPS) is 13.4. The van der Waals surface area contributed by atoms with E-state index in [2.05, 4.69) is 129 Å². The maximum Gasteiger partial charge on any atom is 0.160 e. The molecule has 0 N–H and O–H groups in total. The number of rotatable bonds is 3. The molecule has 0 aliphatic heterocycles. The van der Waals surface area contributed by atoms with Crippen molar-refractivity contribution in [3.8, 4) is 44.9 Å². The second-order valence-electron chi connectivity index (χ2n) is 10.3. The quantitative estimate of drug-likeness (QED) is 0.256. The summed E-state index contributed by atoms with van der Waals surface area (Å²) in [6, 6.07) is 42.8. The van der Waals surface area contributed by atoms with E-state index < -0.39 is 0 Å². The Bertz CT molecular complexity index is 1780. The largest absolute Gasteiger partial charge is 0.231 e. The van der Waals surface area contributed by atoms with Crippen molar-refractivity contribution in [1.29, 1.82) is 0 Å². The van der Waals surface area contributed by atoms with Gasteiger partial charge in [0, 0.05) is 22.1 Å². The van der Waals surface area contributed by atoms with Gasteiger partial charge in [0.1, 0.15) is 0 Å². The van der Waals surface area contributed by atoms with Crippen LogP contribution >= 0.6 is 0 Å². The van der Waals surface area contributed by atoms with Crippen molar-refractivity contribution >= 4 is 10.8 Å². The number of fused-ring (bicyclic) bond motifs is 5. The van der Waals surface area contributed by atoms with E-state index >= 15 is 0 Å². The summed E-state index contributed by atoms with van der Waals surface area (Å²) in [5.41, 5.74) is 10.1. The van der Waals surface area contributed by atoms with Gasteiger partial charge in [0.25, 0.3) is 0 Å². The third kappa shape index (κ3) is 3.41. The summed E-state index contributed by atoms with van der Waals surface area (Å²) in [6.07, 6.45) is 0. The lowest BCUT2D eigenvalue weighted by molar-refractivity contribution is 0.636. The molecule has 0 unspecified atom stereocenters. The van der Waals surface area contributed by atoms with Gasteiger partial charge in [-0.2, -0.15) is 0 Å². The number of aromatic nitrogens is 2. The van der Waals surface area contributed by atoms with Gasteiger partial charge >= 0.3 is 0 Å². The zero-order valence-corrected chi connectivity index (χ0v) is 20.9. The predicted octanol–water partition coefficient (Wildman–Crippen LogP) is 8.94. The monoisotopic (exact) mass is 474 g/mol. The first-order chi connectivity index (χ1) is 18.1. The van der Waals surface area contributed by atoms with Gasteiger partial charge in [-0.3, -0.25) is 0 Å². The molecule has 5 aromatic carbocycles. The molecule has 0 amide bonds. The topological polar surface area (TPSA) is 25.8 Å². The molecule has 1 heterocycles. The van der Waals surface area contributed by atoms with E-state index in [4.69, 9.17) is 9.97 Å². The Morgan fingerprint density at radius 1 is 0.514 bits per heavy atom. The average Bonchev–Trinajstić information content (AvgIpc) is 3.20. The van der Waals surface area contributed by atoms with Crippen molar-refractivity contribution in [2.24, 2.45) is 0 Å². The lowest BCUT2D eigenvalue weighted by atomic mass is 9.84. The van der Waals surface area contributed by atoms with Gasteiger partial charge in [0.2, 0.25) is 0 Å². The van der Waals surface area contributed by atoms with Crippen molar-refractivity contribution in [2.75, 3.05) is 0 Å². The maximum atomic E-state index is 5.28. The number of hydrogen-bond acceptors (Lipinski definition) is 2. The molecular formula is C35H26N2. The lowest BCUT2D eigenvalue weighted by Gasteiger charge is -2.21. The number of hydrogen-bond donors (Lipinski definition) is 0.